The molecule has 1 atom stereocenters. The first kappa shape index (κ1) is 20.2. The number of amides is 2. The van der Waals surface area contributed by atoms with Crippen LogP contribution in [0.3, 0.4) is 0 Å². The summed E-state index contributed by atoms with van der Waals surface area (Å²) >= 11 is 0. The molecule has 4 rings (SSSR count). The number of fused-ring (bicyclic) bond motifs is 1. The van der Waals surface area contributed by atoms with Crippen LogP contribution in [0.4, 0.5) is 0 Å². The Bertz CT molecular complexity index is 1010. The average Bonchev–Trinajstić information content (AvgIpc) is 3.21. The zero-order chi connectivity index (χ0) is 21.1. The van der Waals surface area contributed by atoms with Crippen molar-refractivity contribution in [3.8, 4) is 0 Å². The van der Waals surface area contributed by atoms with Gasteiger partial charge < -0.3 is 15.2 Å². The van der Waals surface area contributed by atoms with E-state index < -0.39 is 0 Å². The minimum atomic E-state index is -0.0554. The molecule has 156 valence electrons. The molecule has 0 bridgehead atoms. The molecule has 3 aromatic rings. The largest absolute Gasteiger partial charge is 0.352 e. The monoisotopic (exact) mass is 403 g/mol. The molecule has 5 heteroatoms. The number of likely N-dealkylation sites (tertiary alicyclic amines) is 1. The SMILES string of the molecule is Cc1cccc(CNC(=O)[C@@H](C)C2CCN(C(=O)c3cc4ccccc4[nH]3)CC2)c1. The summed E-state index contributed by atoms with van der Waals surface area (Å²) in [4.78, 5) is 30.6. The first-order chi connectivity index (χ1) is 14.5. The van der Waals surface area contributed by atoms with Crippen molar-refractivity contribution in [1.82, 2.24) is 15.2 Å². The molecular weight excluding hydrogens is 374 g/mol. The summed E-state index contributed by atoms with van der Waals surface area (Å²) in [6.07, 6.45) is 1.70. The molecule has 1 aromatic heterocycles. The van der Waals surface area contributed by atoms with E-state index >= 15 is 0 Å². The molecule has 0 radical (unpaired) electrons. The fourth-order valence-electron chi connectivity index (χ4n) is 4.35. The number of hydrogen-bond acceptors (Lipinski definition) is 2. The maximum atomic E-state index is 12.9. The van der Waals surface area contributed by atoms with Gasteiger partial charge in [-0.1, -0.05) is 55.0 Å². The maximum Gasteiger partial charge on any atom is 0.270 e. The van der Waals surface area contributed by atoms with Crippen molar-refractivity contribution >= 4 is 22.7 Å². The number of aromatic nitrogens is 1. The van der Waals surface area contributed by atoms with Gasteiger partial charge in [-0.25, -0.2) is 0 Å². The Kier molecular flexibility index (Phi) is 5.88. The summed E-state index contributed by atoms with van der Waals surface area (Å²) in [6, 6.07) is 18.0. The topological polar surface area (TPSA) is 65.2 Å². The average molecular weight is 404 g/mol. The summed E-state index contributed by atoms with van der Waals surface area (Å²) in [6.45, 7) is 6.00. The summed E-state index contributed by atoms with van der Waals surface area (Å²) in [7, 11) is 0. The first-order valence-electron chi connectivity index (χ1n) is 10.7. The molecule has 2 N–H and O–H groups in total. The standard InChI is InChI=1S/C25H29N3O2/c1-17-6-5-7-19(14-17)16-26-24(29)18(2)20-10-12-28(13-11-20)25(30)23-15-21-8-3-4-9-22(21)27-23/h3-9,14-15,18,20,27H,10-13,16H2,1-2H3,(H,26,29)/t18-/m0/s1. The molecular formula is C25H29N3O2. The second-order valence-corrected chi connectivity index (χ2v) is 8.40. The van der Waals surface area contributed by atoms with E-state index in [1.807, 2.05) is 54.3 Å². The number of nitrogens with zero attached hydrogens (tertiary/aromatic N) is 1. The number of nitrogens with one attached hydrogen (secondary N) is 2. The van der Waals surface area contributed by atoms with Crippen LogP contribution < -0.4 is 5.32 Å². The lowest BCUT2D eigenvalue weighted by atomic mass is 9.84. The lowest BCUT2D eigenvalue weighted by molar-refractivity contribution is -0.126. The highest BCUT2D eigenvalue weighted by atomic mass is 16.2. The molecule has 1 fully saturated rings. The third kappa shape index (κ3) is 4.40. The van der Waals surface area contributed by atoms with Crippen molar-refractivity contribution in [2.24, 2.45) is 11.8 Å². The number of H-pyrrole nitrogens is 1. The minimum absolute atomic E-state index is 0.0428. The van der Waals surface area contributed by atoms with Gasteiger partial charge in [-0.3, -0.25) is 9.59 Å². The number of carbonyl (C=O) groups is 2. The Hall–Kier alpha value is -3.08. The van der Waals surface area contributed by atoms with Gasteiger partial charge in [-0.15, -0.1) is 0 Å². The summed E-state index contributed by atoms with van der Waals surface area (Å²) in [5.74, 6) is 0.382. The van der Waals surface area contributed by atoms with Crippen molar-refractivity contribution in [2.75, 3.05) is 13.1 Å². The van der Waals surface area contributed by atoms with Gasteiger partial charge >= 0.3 is 0 Å². The van der Waals surface area contributed by atoms with Gasteiger partial charge in [-0.2, -0.15) is 0 Å². The molecule has 0 saturated carbocycles. The molecule has 0 aliphatic carbocycles. The Morgan fingerprint density at radius 3 is 2.60 bits per heavy atom. The van der Waals surface area contributed by atoms with Gasteiger partial charge in [0.15, 0.2) is 0 Å². The van der Waals surface area contributed by atoms with E-state index in [9.17, 15) is 9.59 Å². The Labute approximate surface area is 177 Å². The normalized spacial score (nSPS) is 15.9. The molecule has 30 heavy (non-hydrogen) atoms. The number of rotatable bonds is 5. The highest BCUT2D eigenvalue weighted by Gasteiger charge is 2.30. The maximum absolute atomic E-state index is 12.9. The second kappa shape index (κ2) is 8.74. The lowest BCUT2D eigenvalue weighted by Gasteiger charge is -2.34. The fourth-order valence-corrected chi connectivity index (χ4v) is 4.35. The van der Waals surface area contributed by atoms with Gasteiger partial charge in [0.2, 0.25) is 5.91 Å². The quantitative estimate of drug-likeness (QED) is 0.668. The van der Waals surface area contributed by atoms with E-state index in [2.05, 4.69) is 29.4 Å². The van der Waals surface area contributed by atoms with Crippen molar-refractivity contribution in [1.29, 1.82) is 0 Å². The summed E-state index contributed by atoms with van der Waals surface area (Å²) < 4.78 is 0. The van der Waals surface area contributed by atoms with Crippen LogP contribution in [-0.4, -0.2) is 34.8 Å². The first-order valence-corrected chi connectivity index (χ1v) is 10.7. The number of piperidine rings is 1. The molecule has 0 unspecified atom stereocenters. The van der Waals surface area contributed by atoms with Gasteiger partial charge in [0, 0.05) is 36.5 Å². The highest BCUT2D eigenvalue weighted by Crippen LogP contribution is 2.26. The van der Waals surface area contributed by atoms with E-state index in [1.165, 1.54) is 5.56 Å². The Balaban J connectivity index is 1.29. The van der Waals surface area contributed by atoms with Gasteiger partial charge in [0.1, 0.15) is 5.69 Å². The molecule has 5 nitrogen and oxygen atoms in total. The third-order valence-corrected chi connectivity index (χ3v) is 6.26. The van der Waals surface area contributed by atoms with Crippen LogP contribution in [0.15, 0.2) is 54.6 Å². The van der Waals surface area contributed by atoms with E-state index in [1.54, 1.807) is 0 Å². The van der Waals surface area contributed by atoms with Crippen LogP contribution in [0.25, 0.3) is 10.9 Å². The van der Waals surface area contributed by atoms with Crippen LogP contribution in [0, 0.1) is 18.8 Å². The molecule has 2 aromatic carbocycles. The molecule has 0 spiro atoms. The van der Waals surface area contributed by atoms with Crippen LogP contribution >= 0.6 is 0 Å². The third-order valence-electron chi connectivity index (χ3n) is 6.26. The summed E-state index contributed by atoms with van der Waals surface area (Å²) in [5, 5.41) is 4.12. The summed E-state index contributed by atoms with van der Waals surface area (Å²) in [5.41, 5.74) is 3.93. The molecule has 2 amide bonds. The smallest absolute Gasteiger partial charge is 0.270 e. The van der Waals surface area contributed by atoms with Crippen molar-refractivity contribution < 1.29 is 9.59 Å². The fraction of sp³-hybridized carbons (Fsp3) is 0.360. The number of hydrogen-bond donors (Lipinski definition) is 2. The number of benzene rings is 2. The van der Waals surface area contributed by atoms with Gasteiger partial charge in [0.05, 0.1) is 0 Å². The van der Waals surface area contributed by atoms with Crippen molar-refractivity contribution in [3.63, 3.8) is 0 Å². The van der Waals surface area contributed by atoms with Crippen LogP contribution in [-0.2, 0) is 11.3 Å². The Morgan fingerprint density at radius 1 is 1.10 bits per heavy atom. The van der Waals surface area contributed by atoms with Crippen LogP contribution in [0.5, 0.6) is 0 Å². The van der Waals surface area contributed by atoms with Crippen molar-refractivity contribution in [3.05, 3.63) is 71.4 Å². The minimum Gasteiger partial charge on any atom is -0.352 e. The van der Waals surface area contributed by atoms with Gasteiger partial charge in [-0.05, 0) is 43.4 Å². The highest BCUT2D eigenvalue weighted by molar-refractivity contribution is 5.98. The van der Waals surface area contributed by atoms with Crippen LogP contribution in [0.1, 0.15) is 41.4 Å². The second-order valence-electron chi connectivity index (χ2n) is 8.40. The predicted octanol–water partition coefficient (Wildman–Crippen LogP) is 4.28. The number of para-hydroxylation sites is 1. The van der Waals surface area contributed by atoms with Crippen molar-refractivity contribution in [2.45, 2.75) is 33.2 Å². The van der Waals surface area contributed by atoms with E-state index in [4.69, 9.17) is 0 Å². The number of aryl methyl sites for hydroxylation is 1. The zero-order valence-electron chi connectivity index (χ0n) is 17.7. The zero-order valence-corrected chi connectivity index (χ0v) is 17.7. The van der Waals surface area contributed by atoms with E-state index in [0.29, 0.717) is 31.2 Å². The molecule has 1 aliphatic heterocycles. The van der Waals surface area contributed by atoms with Gasteiger partial charge in [0.25, 0.3) is 5.91 Å². The molecule has 2 heterocycles. The number of aromatic amines is 1. The Morgan fingerprint density at radius 2 is 1.87 bits per heavy atom. The number of carbonyl (C=O) groups excluding carboxylic acids is 2. The predicted molar refractivity (Wildman–Crippen MR) is 119 cm³/mol. The molecule has 1 aliphatic rings. The van der Waals surface area contributed by atoms with E-state index in [-0.39, 0.29) is 17.7 Å². The van der Waals surface area contributed by atoms with E-state index in [0.717, 1.165) is 29.3 Å². The van der Waals surface area contributed by atoms with Crippen LogP contribution in [0.2, 0.25) is 0 Å². The molecule has 1 saturated heterocycles. The lowest BCUT2D eigenvalue weighted by Crippen LogP contribution is -2.42.